The zero-order chi connectivity index (χ0) is 15.5. The van der Waals surface area contributed by atoms with Crippen molar-refractivity contribution >= 4 is 17.3 Å². The topological polar surface area (TPSA) is 29.3 Å². The van der Waals surface area contributed by atoms with E-state index in [-0.39, 0.29) is 0 Å². The average Bonchev–Trinajstić information content (AvgIpc) is 2.46. The summed E-state index contributed by atoms with van der Waals surface area (Å²) in [6.07, 6.45) is 3.42. The molecule has 1 aliphatic heterocycles. The Morgan fingerprint density at radius 1 is 1.20 bits per heavy atom. The van der Waals surface area contributed by atoms with Crippen LogP contribution in [-0.2, 0) is 0 Å². The molecule has 2 nitrogen and oxygen atoms in total. The van der Waals surface area contributed by atoms with Crippen molar-refractivity contribution in [3.05, 3.63) is 28.8 Å². The average molecular weight is 299 g/mol. The Kier molecular flexibility index (Phi) is 10.6. The van der Waals surface area contributed by atoms with E-state index in [2.05, 4.69) is 30.9 Å². The molecule has 0 unspecified atom stereocenters. The van der Waals surface area contributed by atoms with Crippen LogP contribution in [-0.4, -0.2) is 19.1 Å². The van der Waals surface area contributed by atoms with Gasteiger partial charge in [-0.25, -0.2) is 0 Å². The maximum Gasteiger partial charge on any atom is 0.0436 e. The number of rotatable bonds is 1. The fourth-order valence-corrected chi connectivity index (χ4v) is 2.10. The number of aryl methyl sites for hydroxylation is 1. The van der Waals surface area contributed by atoms with Crippen LogP contribution < -0.4 is 10.6 Å². The van der Waals surface area contributed by atoms with Crippen LogP contribution in [0, 0.1) is 6.92 Å². The molecule has 0 aliphatic carbocycles. The van der Waals surface area contributed by atoms with Crippen molar-refractivity contribution < 1.29 is 0 Å². The lowest BCUT2D eigenvalue weighted by Crippen LogP contribution is -2.39. The van der Waals surface area contributed by atoms with Gasteiger partial charge in [0, 0.05) is 29.8 Å². The van der Waals surface area contributed by atoms with E-state index >= 15 is 0 Å². The van der Waals surface area contributed by atoms with E-state index in [1.807, 2.05) is 26.8 Å². The molecule has 1 fully saturated rings. The van der Waals surface area contributed by atoms with Crippen molar-refractivity contribution in [2.45, 2.75) is 59.9 Å². The van der Waals surface area contributed by atoms with Gasteiger partial charge >= 0.3 is 0 Å². The molecule has 0 spiro atoms. The lowest BCUT2D eigenvalue weighted by molar-refractivity contribution is 0.501. The highest BCUT2D eigenvalue weighted by atomic mass is 35.5. The Morgan fingerprint density at radius 2 is 1.70 bits per heavy atom. The monoisotopic (exact) mass is 298 g/mol. The summed E-state index contributed by atoms with van der Waals surface area (Å²) in [5.41, 5.74) is 8.29. The summed E-state index contributed by atoms with van der Waals surface area (Å²) in [5, 5.41) is 0.840. The van der Waals surface area contributed by atoms with Gasteiger partial charge in [0.25, 0.3) is 0 Å². The van der Waals surface area contributed by atoms with Crippen LogP contribution in [0.25, 0.3) is 0 Å². The summed E-state index contributed by atoms with van der Waals surface area (Å²) in [6, 6.07) is 6.60. The number of nitrogens with two attached hydrogens (primary N) is 1. The molecule has 2 N–H and O–H groups in total. The van der Waals surface area contributed by atoms with E-state index in [4.69, 9.17) is 17.3 Å². The van der Waals surface area contributed by atoms with Gasteiger partial charge in [-0.05, 0) is 43.5 Å². The minimum absolute atomic E-state index is 0.384. The van der Waals surface area contributed by atoms with Crippen molar-refractivity contribution in [1.29, 1.82) is 0 Å². The molecular formula is C17H31ClN2. The van der Waals surface area contributed by atoms with E-state index < -0.39 is 0 Å². The molecular weight excluding hydrogens is 268 g/mol. The van der Waals surface area contributed by atoms with Gasteiger partial charge in [-0.1, -0.05) is 45.7 Å². The number of nitrogens with zero attached hydrogens (tertiary/aromatic N) is 1. The van der Waals surface area contributed by atoms with E-state index in [1.54, 1.807) is 0 Å². The maximum atomic E-state index is 6.00. The Morgan fingerprint density at radius 3 is 2.15 bits per heavy atom. The molecule has 0 aromatic heterocycles. The summed E-state index contributed by atoms with van der Waals surface area (Å²) in [4.78, 5) is 2.38. The Bertz CT molecular complexity index is 358. The van der Waals surface area contributed by atoms with Gasteiger partial charge in [0.1, 0.15) is 0 Å². The van der Waals surface area contributed by atoms with Crippen LogP contribution in [0.4, 0.5) is 5.69 Å². The molecule has 1 aliphatic rings. The van der Waals surface area contributed by atoms with Gasteiger partial charge in [0.15, 0.2) is 0 Å². The van der Waals surface area contributed by atoms with Gasteiger partial charge < -0.3 is 10.6 Å². The number of halogens is 1. The molecule has 1 heterocycles. The van der Waals surface area contributed by atoms with E-state index in [0.29, 0.717) is 6.04 Å². The van der Waals surface area contributed by atoms with Crippen LogP contribution in [0.1, 0.15) is 52.5 Å². The number of anilines is 1. The standard InChI is InChI=1S/C12H17ClN2.C3H8.C2H6/c1-9-8-11(2-3-12(9)13)15-6-4-10(14)5-7-15;1-3-2;1-2/h2-3,8,10H,4-7,14H2,1H3;3H2,1-2H3;1-2H3. The minimum Gasteiger partial charge on any atom is -0.371 e. The van der Waals surface area contributed by atoms with Crippen molar-refractivity contribution in [3.8, 4) is 0 Å². The summed E-state index contributed by atoms with van der Waals surface area (Å²) >= 11 is 6.00. The summed E-state index contributed by atoms with van der Waals surface area (Å²) in [6.45, 7) is 12.4. The fourth-order valence-electron chi connectivity index (χ4n) is 1.98. The van der Waals surface area contributed by atoms with Gasteiger partial charge in [0.05, 0.1) is 0 Å². The van der Waals surface area contributed by atoms with E-state index in [0.717, 1.165) is 36.5 Å². The van der Waals surface area contributed by atoms with Gasteiger partial charge in [-0.2, -0.15) is 0 Å². The number of piperidine rings is 1. The predicted molar refractivity (Wildman–Crippen MR) is 92.9 cm³/mol. The highest BCUT2D eigenvalue weighted by Crippen LogP contribution is 2.24. The molecule has 0 radical (unpaired) electrons. The molecule has 3 heteroatoms. The third kappa shape index (κ3) is 6.62. The van der Waals surface area contributed by atoms with Crippen LogP contribution in [0.5, 0.6) is 0 Å². The lowest BCUT2D eigenvalue weighted by atomic mass is 10.1. The van der Waals surface area contributed by atoms with Crippen LogP contribution >= 0.6 is 11.6 Å². The molecule has 0 atom stereocenters. The smallest absolute Gasteiger partial charge is 0.0436 e. The summed E-state index contributed by atoms with van der Waals surface area (Å²) in [7, 11) is 0. The van der Waals surface area contributed by atoms with Crippen molar-refractivity contribution in [2.24, 2.45) is 5.73 Å². The highest BCUT2D eigenvalue weighted by molar-refractivity contribution is 6.31. The zero-order valence-corrected chi connectivity index (χ0v) is 14.5. The summed E-state index contributed by atoms with van der Waals surface area (Å²) in [5.74, 6) is 0. The number of hydrogen-bond acceptors (Lipinski definition) is 2. The third-order valence-electron chi connectivity index (χ3n) is 3.05. The van der Waals surface area contributed by atoms with Gasteiger partial charge in [0.2, 0.25) is 0 Å². The van der Waals surface area contributed by atoms with Crippen molar-refractivity contribution in [3.63, 3.8) is 0 Å². The molecule has 116 valence electrons. The molecule has 2 rings (SSSR count). The lowest BCUT2D eigenvalue weighted by Gasteiger charge is -2.32. The molecule has 0 bridgehead atoms. The molecule has 1 aromatic rings. The minimum atomic E-state index is 0.384. The fraction of sp³-hybridized carbons (Fsp3) is 0.647. The number of hydrogen-bond donors (Lipinski definition) is 1. The Hall–Kier alpha value is -0.730. The Labute approximate surface area is 130 Å². The van der Waals surface area contributed by atoms with E-state index in [9.17, 15) is 0 Å². The second kappa shape index (κ2) is 11.0. The van der Waals surface area contributed by atoms with Crippen molar-refractivity contribution in [2.75, 3.05) is 18.0 Å². The molecule has 0 amide bonds. The molecule has 1 aromatic carbocycles. The highest BCUT2D eigenvalue weighted by Gasteiger charge is 2.16. The SMILES string of the molecule is CC.CCC.Cc1cc(N2CCC(N)CC2)ccc1Cl. The molecule has 0 saturated carbocycles. The second-order valence-electron chi connectivity index (χ2n) is 4.97. The first-order chi connectivity index (χ1) is 9.58. The predicted octanol–water partition coefficient (Wildman–Crippen LogP) is 5.02. The van der Waals surface area contributed by atoms with Crippen LogP contribution in [0.2, 0.25) is 5.02 Å². The quantitative estimate of drug-likeness (QED) is 0.789. The van der Waals surface area contributed by atoms with Gasteiger partial charge in [-0.15, -0.1) is 0 Å². The first-order valence-corrected chi connectivity index (χ1v) is 8.23. The first-order valence-electron chi connectivity index (χ1n) is 7.85. The van der Waals surface area contributed by atoms with Gasteiger partial charge in [-0.3, -0.25) is 0 Å². The van der Waals surface area contributed by atoms with Crippen LogP contribution in [0.3, 0.4) is 0 Å². The molecule has 20 heavy (non-hydrogen) atoms. The van der Waals surface area contributed by atoms with Crippen LogP contribution in [0.15, 0.2) is 18.2 Å². The zero-order valence-electron chi connectivity index (χ0n) is 13.7. The molecule has 1 saturated heterocycles. The number of benzene rings is 1. The second-order valence-corrected chi connectivity index (χ2v) is 5.37. The largest absolute Gasteiger partial charge is 0.371 e. The third-order valence-corrected chi connectivity index (χ3v) is 3.47. The normalized spacial score (nSPS) is 14.8. The van der Waals surface area contributed by atoms with E-state index in [1.165, 1.54) is 12.1 Å². The summed E-state index contributed by atoms with van der Waals surface area (Å²) < 4.78 is 0. The maximum absolute atomic E-state index is 6.00. The Balaban J connectivity index is 0.000000641. The van der Waals surface area contributed by atoms with Crippen molar-refractivity contribution in [1.82, 2.24) is 0 Å². The first kappa shape index (κ1) is 19.3.